The van der Waals surface area contributed by atoms with Crippen LogP contribution in [-0.2, 0) is 0 Å². The summed E-state index contributed by atoms with van der Waals surface area (Å²) in [7, 11) is 0. The number of benzene rings is 4. The normalized spacial score (nSPS) is 11.4. The Balaban J connectivity index is 1.56. The van der Waals surface area contributed by atoms with Crippen LogP contribution in [-0.4, -0.2) is 15.8 Å². The molecular formula is C29H18I2N2O. The van der Waals surface area contributed by atoms with E-state index in [1.54, 1.807) is 0 Å². The maximum absolute atomic E-state index is 14.1. The van der Waals surface area contributed by atoms with E-state index in [0.717, 1.165) is 51.2 Å². The molecular weight excluding hydrogens is 646 g/mol. The standard InChI is InChI=1S/C29H18I2N2O/c30-17-9-11-21(23(13-17)25-15-32-27-7-3-1-5-19(25)27)29(34)22-12-10-18(31)14-24(22)26-16-33-28-8-4-2-6-20(26)28/h1-16,32-33H. The number of aromatic amines is 2. The molecule has 164 valence electrons. The molecule has 0 aliphatic carbocycles. The van der Waals surface area contributed by atoms with Crippen molar-refractivity contribution in [2.45, 2.75) is 0 Å². The van der Waals surface area contributed by atoms with Crippen molar-refractivity contribution in [1.82, 2.24) is 9.97 Å². The summed E-state index contributed by atoms with van der Waals surface area (Å²) >= 11 is 4.62. The summed E-state index contributed by atoms with van der Waals surface area (Å²) in [5.41, 5.74) is 7.48. The van der Waals surface area contributed by atoms with E-state index in [1.807, 2.05) is 60.9 Å². The summed E-state index contributed by atoms with van der Waals surface area (Å²) in [6, 6.07) is 28.5. The molecule has 6 rings (SSSR count). The highest BCUT2D eigenvalue weighted by atomic mass is 127. The van der Waals surface area contributed by atoms with E-state index in [0.29, 0.717) is 11.1 Å². The number of carbonyl (C=O) groups is 1. The van der Waals surface area contributed by atoms with Crippen molar-refractivity contribution in [3.05, 3.63) is 116 Å². The van der Waals surface area contributed by atoms with Crippen LogP contribution in [0.4, 0.5) is 0 Å². The fourth-order valence-corrected chi connectivity index (χ4v) is 5.59. The first-order valence-electron chi connectivity index (χ1n) is 10.9. The van der Waals surface area contributed by atoms with Gasteiger partial charge in [-0.1, -0.05) is 36.4 Å². The van der Waals surface area contributed by atoms with Gasteiger partial charge in [-0.3, -0.25) is 4.79 Å². The molecule has 4 aromatic carbocycles. The molecule has 0 unspecified atom stereocenters. The van der Waals surface area contributed by atoms with Crippen LogP contribution in [0.5, 0.6) is 0 Å². The highest BCUT2D eigenvalue weighted by Crippen LogP contribution is 2.37. The van der Waals surface area contributed by atoms with E-state index in [9.17, 15) is 4.79 Å². The molecule has 0 fully saturated rings. The zero-order valence-electron chi connectivity index (χ0n) is 17.9. The minimum atomic E-state index is 0.0216. The second-order valence-corrected chi connectivity index (χ2v) is 10.7. The van der Waals surface area contributed by atoms with Gasteiger partial charge in [0.2, 0.25) is 0 Å². The number of hydrogen-bond donors (Lipinski definition) is 2. The van der Waals surface area contributed by atoms with Gasteiger partial charge in [0.15, 0.2) is 5.78 Å². The first kappa shape index (κ1) is 21.6. The molecule has 0 aliphatic heterocycles. The Kier molecular flexibility index (Phi) is 5.53. The molecule has 3 nitrogen and oxygen atoms in total. The van der Waals surface area contributed by atoms with Crippen LogP contribution in [0, 0.1) is 7.14 Å². The molecule has 0 radical (unpaired) electrons. The van der Waals surface area contributed by atoms with Crippen molar-refractivity contribution >= 4 is 72.8 Å². The third-order valence-corrected chi connectivity index (χ3v) is 7.55. The van der Waals surface area contributed by atoms with Crippen molar-refractivity contribution in [2.75, 3.05) is 0 Å². The van der Waals surface area contributed by atoms with Crippen LogP contribution in [0.2, 0.25) is 0 Å². The zero-order valence-corrected chi connectivity index (χ0v) is 22.2. The highest BCUT2D eigenvalue weighted by Gasteiger charge is 2.22. The van der Waals surface area contributed by atoms with Gasteiger partial charge < -0.3 is 9.97 Å². The molecule has 2 N–H and O–H groups in total. The molecule has 5 heteroatoms. The zero-order chi connectivity index (χ0) is 23.2. The van der Waals surface area contributed by atoms with Gasteiger partial charge in [-0.15, -0.1) is 0 Å². The van der Waals surface area contributed by atoms with Crippen molar-refractivity contribution in [2.24, 2.45) is 0 Å². The third kappa shape index (κ3) is 3.67. The Labute approximate surface area is 223 Å². The van der Waals surface area contributed by atoms with Crippen molar-refractivity contribution in [3.63, 3.8) is 0 Å². The molecule has 0 amide bonds. The van der Waals surface area contributed by atoms with Crippen molar-refractivity contribution < 1.29 is 4.79 Å². The van der Waals surface area contributed by atoms with Gasteiger partial charge in [0, 0.05) is 63.6 Å². The number of halogens is 2. The van der Waals surface area contributed by atoms with Gasteiger partial charge in [-0.2, -0.15) is 0 Å². The molecule has 0 atom stereocenters. The summed E-state index contributed by atoms with van der Waals surface area (Å²) in [6.45, 7) is 0. The SMILES string of the molecule is O=C(c1ccc(I)cc1-c1c[nH]c2ccccc12)c1ccc(I)cc1-c1c[nH]c2ccccc12. The Morgan fingerprint density at radius 2 is 1.00 bits per heavy atom. The van der Waals surface area contributed by atoms with Gasteiger partial charge in [0.1, 0.15) is 0 Å². The number of hydrogen-bond acceptors (Lipinski definition) is 1. The van der Waals surface area contributed by atoms with Gasteiger partial charge in [-0.05, 0) is 105 Å². The maximum Gasteiger partial charge on any atom is 0.194 e. The predicted octanol–water partition coefficient (Wildman–Crippen LogP) is 8.42. The van der Waals surface area contributed by atoms with Crippen LogP contribution in [0.25, 0.3) is 44.1 Å². The van der Waals surface area contributed by atoms with Gasteiger partial charge >= 0.3 is 0 Å². The smallest absolute Gasteiger partial charge is 0.194 e. The van der Waals surface area contributed by atoms with Crippen LogP contribution in [0.15, 0.2) is 97.3 Å². The minimum absolute atomic E-state index is 0.0216. The second kappa shape index (κ2) is 8.70. The van der Waals surface area contributed by atoms with Crippen molar-refractivity contribution in [3.8, 4) is 22.3 Å². The number of H-pyrrole nitrogens is 2. The van der Waals surface area contributed by atoms with Gasteiger partial charge in [-0.25, -0.2) is 0 Å². The summed E-state index contributed by atoms with van der Waals surface area (Å²) in [5.74, 6) is 0.0216. The minimum Gasteiger partial charge on any atom is -0.361 e. The second-order valence-electron chi connectivity index (χ2n) is 8.20. The largest absolute Gasteiger partial charge is 0.361 e. The number of nitrogens with one attached hydrogen (secondary N) is 2. The van der Waals surface area contributed by atoms with Gasteiger partial charge in [0.05, 0.1) is 0 Å². The summed E-state index contributed by atoms with van der Waals surface area (Å²) in [5, 5.41) is 2.22. The highest BCUT2D eigenvalue weighted by molar-refractivity contribution is 14.1. The first-order chi connectivity index (χ1) is 16.6. The average Bonchev–Trinajstić information content (AvgIpc) is 3.48. The monoisotopic (exact) mass is 664 g/mol. The van der Waals surface area contributed by atoms with Crippen LogP contribution in [0.1, 0.15) is 15.9 Å². The van der Waals surface area contributed by atoms with Crippen LogP contribution in [0.3, 0.4) is 0 Å². The lowest BCUT2D eigenvalue weighted by molar-refractivity contribution is 0.104. The molecule has 0 bridgehead atoms. The number of para-hydroxylation sites is 2. The Morgan fingerprint density at radius 1 is 0.559 bits per heavy atom. The van der Waals surface area contributed by atoms with E-state index >= 15 is 0 Å². The number of fused-ring (bicyclic) bond motifs is 2. The molecule has 0 saturated carbocycles. The summed E-state index contributed by atoms with van der Waals surface area (Å²) < 4.78 is 2.18. The number of carbonyl (C=O) groups excluding carboxylic acids is 1. The predicted molar refractivity (Wildman–Crippen MR) is 156 cm³/mol. The quantitative estimate of drug-likeness (QED) is 0.144. The molecule has 34 heavy (non-hydrogen) atoms. The number of ketones is 1. The number of aromatic nitrogens is 2. The Hall–Kier alpha value is -2.91. The molecule has 0 aliphatic rings. The van der Waals surface area contributed by atoms with E-state index < -0.39 is 0 Å². The third-order valence-electron chi connectivity index (χ3n) is 6.21. The fourth-order valence-electron chi connectivity index (χ4n) is 4.61. The Morgan fingerprint density at radius 3 is 1.47 bits per heavy atom. The van der Waals surface area contributed by atoms with E-state index in [4.69, 9.17) is 0 Å². The number of rotatable bonds is 4. The van der Waals surface area contributed by atoms with Crippen molar-refractivity contribution in [1.29, 1.82) is 0 Å². The molecule has 6 aromatic rings. The molecule has 0 spiro atoms. The van der Waals surface area contributed by atoms with E-state index in [1.165, 1.54) is 0 Å². The fraction of sp³-hybridized carbons (Fsp3) is 0. The summed E-state index contributed by atoms with van der Waals surface area (Å²) in [6.07, 6.45) is 4.00. The molecule has 2 aromatic heterocycles. The van der Waals surface area contributed by atoms with E-state index in [2.05, 4.69) is 91.5 Å². The van der Waals surface area contributed by atoms with E-state index in [-0.39, 0.29) is 5.78 Å². The molecule has 0 saturated heterocycles. The average molecular weight is 664 g/mol. The first-order valence-corrected chi connectivity index (χ1v) is 13.0. The topological polar surface area (TPSA) is 48.6 Å². The van der Waals surface area contributed by atoms with Gasteiger partial charge in [0.25, 0.3) is 0 Å². The summed E-state index contributed by atoms with van der Waals surface area (Å²) in [4.78, 5) is 20.9. The maximum atomic E-state index is 14.1. The Bertz CT molecular complexity index is 1590. The molecule has 2 heterocycles. The van der Waals surface area contributed by atoms with Crippen LogP contribution >= 0.6 is 45.2 Å². The lowest BCUT2D eigenvalue weighted by Gasteiger charge is -2.13. The lowest BCUT2D eigenvalue weighted by Crippen LogP contribution is -2.06. The lowest BCUT2D eigenvalue weighted by atomic mass is 9.90. The van der Waals surface area contributed by atoms with Crippen LogP contribution < -0.4 is 0 Å².